The number of benzene rings is 2. The Bertz CT molecular complexity index is 884. The highest BCUT2D eigenvalue weighted by Gasteiger charge is 2.37. The zero-order chi connectivity index (χ0) is 28.1. The molecule has 0 radical (unpaired) electrons. The van der Waals surface area contributed by atoms with Crippen LogP contribution in [0.3, 0.4) is 0 Å². The predicted octanol–water partition coefficient (Wildman–Crippen LogP) is 3.60. The highest BCUT2D eigenvalue weighted by Crippen LogP contribution is 2.27. The van der Waals surface area contributed by atoms with Crippen LogP contribution in [-0.2, 0) is 25.7 Å². The van der Waals surface area contributed by atoms with E-state index in [0.29, 0.717) is 12.8 Å². The molecule has 0 saturated heterocycles. The fourth-order valence-corrected chi connectivity index (χ4v) is 5.11. The van der Waals surface area contributed by atoms with Crippen molar-refractivity contribution in [3.63, 3.8) is 0 Å². The van der Waals surface area contributed by atoms with Gasteiger partial charge in [0, 0.05) is 0 Å². The number of unbranched alkanes of at least 4 members (excludes halogenated alkanes) is 2. The van der Waals surface area contributed by atoms with E-state index in [1.165, 1.54) is 29.5 Å². The van der Waals surface area contributed by atoms with Gasteiger partial charge in [0.2, 0.25) is 0 Å². The Morgan fingerprint density at radius 1 is 0.579 bits per heavy atom. The van der Waals surface area contributed by atoms with Crippen LogP contribution in [0.2, 0.25) is 0 Å². The third kappa shape index (κ3) is 10.4. The molecule has 2 aromatic rings. The van der Waals surface area contributed by atoms with Gasteiger partial charge in [0.15, 0.2) is 0 Å². The Morgan fingerprint density at radius 2 is 1.00 bits per heavy atom. The van der Waals surface area contributed by atoms with E-state index in [1.807, 2.05) is 0 Å². The van der Waals surface area contributed by atoms with Gasteiger partial charge in [0.05, 0.1) is 12.7 Å². The first kappa shape index (κ1) is 32.4. The largest absolute Gasteiger partial charge is 0.394 e. The van der Waals surface area contributed by atoms with E-state index in [0.717, 1.165) is 37.7 Å². The smallest absolute Gasteiger partial charge is 0.111 e. The number of aliphatic hydroxyl groups excluding tert-OH is 6. The molecule has 6 nitrogen and oxygen atoms in total. The molecule has 3 unspecified atom stereocenters. The molecule has 0 aliphatic carbocycles. The molecule has 0 saturated carbocycles. The van der Waals surface area contributed by atoms with Crippen molar-refractivity contribution in [2.45, 2.75) is 109 Å². The minimum absolute atomic E-state index is 0.192. The summed E-state index contributed by atoms with van der Waals surface area (Å²) in [7, 11) is 0. The first-order chi connectivity index (χ1) is 18.2. The molecule has 2 aromatic carbocycles. The van der Waals surface area contributed by atoms with E-state index in [1.54, 1.807) is 0 Å². The van der Waals surface area contributed by atoms with Gasteiger partial charge < -0.3 is 30.6 Å². The lowest BCUT2D eigenvalue weighted by atomic mass is 9.80. The van der Waals surface area contributed by atoms with Crippen molar-refractivity contribution in [2.24, 2.45) is 11.8 Å². The molecule has 0 aromatic heterocycles. The Kier molecular flexibility index (Phi) is 14.5. The molecule has 0 spiro atoms. The molecular weight excluding hydrogens is 480 g/mol. The Morgan fingerprint density at radius 3 is 1.45 bits per heavy atom. The molecule has 6 heteroatoms. The first-order valence-corrected chi connectivity index (χ1v) is 14.4. The lowest BCUT2D eigenvalue weighted by molar-refractivity contribution is -0.149. The molecule has 0 bridgehead atoms. The molecular formula is C32H50O6. The van der Waals surface area contributed by atoms with Crippen LogP contribution in [0, 0.1) is 11.8 Å². The Balaban J connectivity index is 2.15. The summed E-state index contributed by atoms with van der Waals surface area (Å²) >= 11 is 0. The molecule has 6 N–H and O–H groups in total. The van der Waals surface area contributed by atoms with Crippen LogP contribution in [0.15, 0.2) is 48.5 Å². The number of aliphatic hydroxyl groups is 6. The zero-order valence-corrected chi connectivity index (χ0v) is 23.4. The molecule has 2 rings (SSSR count). The summed E-state index contributed by atoms with van der Waals surface area (Å²) in [5, 5.41) is 61.2. The lowest BCUT2D eigenvalue weighted by Crippen LogP contribution is -2.52. The van der Waals surface area contributed by atoms with Crippen molar-refractivity contribution in [3.8, 4) is 0 Å². The SMILES string of the molecule is CCCCc1ccc(CC(C)CC(Cc2ccc(CCCC)cc2)C(O)[C@@H](O)[C@@H](O)[C@H](O)[C@@H](O)CO)cc1. The van der Waals surface area contributed by atoms with Crippen LogP contribution in [-0.4, -0.2) is 67.8 Å². The molecule has 7 atom stereocenters. The van der Waals surface area contributed by atoms with Crippen LogP contribution in [0.1, 0.15) is 75.1 Å². The maximum absolute atomic E-state index is 11.2. The summed E-state index contributed by atoms with van der Waals surface area (Å²) in [6, 6.07) is 17.0. The minimum Gasteiger partial charge on any atom is -0.394 e. The van der Waals surface area contributed by atoms with E-state index in [4.69, 9.17) is 5.11 Å². The van der Waals surface area contributed by atoms with Crippen molar-refractivity contribution in [3.05, 3.63) is 70.8 Å². The van der Waals surface area contributed by atoms with Crippen molar-refractivity contribution in [1.29, 1.82) is 0 Å². The quantitative estimate of drug-likeness (QED) is 0.175. The standard InChI is InChI=1S/C32H50O6/c1-4-6-8-23-10-14-25(15-11-23)18-22(3)19-27(20-26-16-12-24(13-17-26)9-7-5-2)29(35)31(37)32(38)30(36)28(34)21-33/h10-17,22,27-38H,4-9,18-21H2,1-3H3/t22?,27?,28-,29?,30+,31+,32-/m0/s1. The highest BCUT2D eigenvalue weighted by atomic mass is 16.4. The number of rotatable bonds is 18. The van der Waals surface area contributed by atoms with Gasteiger partial charge in [-0.1, -0.05) is 82.1 Å². The maximum atomic E-state index is 11.2. The summed E-state index contributed by atoms with van der Waals surface area (Å²) in [6.07, 6.45) is 0.429. The van der Waals surface area contributed by atoms with Gasteiger partial charge in [0.1, 0.15) is 24.4 Å². The van der Waals surface area contributed by atoms with E-state index in [9.17, 15) is 25.5 Å². The maximum Gasteiger partial charge on any atom is 0.111 e. The van der Waals surface area contributed by atoms with E-state index in [-0.39, 0.29) is 5.92 Å². The van der Waals surface area contributed by atoms with E-state index < -0.39 is 43.0 Å². The van der Waals surface area contributed by atoms with Crippen molar-refractivity contribution < 1.29 is 30.6 Å². The number of hydrogen-bond donors (Lipinski definition) is 6. The fraction of sp³-hybridized carbons (Fsp3) is 0.625. The summed E-state index contributed by atoms with van der Waals surface area (Å²) < 4.78 is 0. The molecule has 214 valence electrons. The molecule has 0 heterocycles. The summed E-state index contributed by atoms with van der Waals surface area (Å²) in [5.74, 6) is -0.198. The topological polar surface area (TPSA) is 121 Å². The second kappa shape index (κ2) is 17.0. The average Bonchev–Trinajstić information content (AvgIpc) is 2.93. The van der Waals surface area contributed by atoms with Crippen molar-refractivity contribution in [1.82, 2.24) is 0 Å². The van der Waals surface area contributed by atoms with Gasteiger partial charge >= 0.3 is 0 Å². The number of aryl methyl sites for hydroxylation is 2. The fourth-order valence-electron chi connectivity index (χ4n) is 5.11. The van der Waals surface area contributed by atoms with Crippen LogP contribution < -0.4 is 0 Å². The van der Waals surface area contributed by atoms with Gasteiger partial charge in [-0.15, -0.1) is 0 Å². The molecule has 38 heavy (non-hydrogen) atoms. The van der Waals surface area contributed by atoms with E-state index in [2.05, 4.69) is 69.3 Å². The monoisotopic (exact) mass is 530 g/mol. The second-order valence-corrected chi connectivity index (χ2v) is 11.1. The summed E-state index contributed by atoms with van der Waals surface area (Å²) in [5.41, 5.74) is 4.84. The second-order valence-electron chi connectivity index (χ2n) is 11.1. The van der Waals surface area contributed by atoms with Gasteiger partial charge in [0.25, 0.3) is 0 Å². The Hall–Kier alpha value is -1.80. The summed E-state index contributed by atoms with van der Waals surface area (Å²) in [6.45, 7) is 5.71. The van der Waals surface area contributed by atoms with Crippen molar-refractivity contribution in [2.75, 3.05) is 6.61 Å². The van der Waals surface area contributed by atoms with Gasteiger partial charge in [-0.2, -0.15) is 0 Å². The average molecular weight is 531 g/mol. The molecule has 0 amide bonds. The van der Waals surface area contributed by atoms with Crippen LogP contribution in [0.5, 0.6) is 0 Å². The molecule has 0 aliphatic heterocycles. The van der Waals surface area contributed by atoms with Gasteiger partial charge in [-0.25, -0.2) is 0 Å². The first-order valence-electron chi connectivity index (χ1n) is 14.4. The normalized spacial score (nSPS) is 17.4. The van der Waals surface area contributed by atoms with E-state index >= 15 is 0 Å². The van der Waals surface area contributed by atoms with Crippen LogP contribution in [0.4, 0.5) is 0 Å². The van der Waals surface area contributed by atoms with Crippen LogP contribution >= 0.6 is 0 Å². The van der Waals surface area contributed by atoms with Crippen LogP contribution in [0.25, 0.3) is 0 Å². The Labute approximate surface area is 229 Å². The van der Waals surface area contributed by atoms with Gasteiger partial charge in [-0.3, -0.25) is 0 Å². The predicted molar refractivity (Wildman–Crippen MR) is 152 cm³/mol. The molecule has 0 aliphatic rings. The van der Waals surface area contributed by atoms with Crippen molar-refractivity contribution >= 4 is 0 Å². The number of hydrogen-bond acceptors (Lipinski definition) is 6. The third-order valence-corrected chi connectivity index (χ3v) is 7.59. The lowest BCUT2D eigenvalue weighted by Gasteiger charge is -2.33. The summed E-state index contributed by atoms with van der Waals surface area (Å²) in [4.78, 5) is 0. The highest BCUT2D eigenvalue weighted by molar-refractivity contribution is 5.24. The zero-order valence-electron chi connectivity index (χ0n) is 23.4. The molecule has 0 fully saturated rings. The van der Waals surface area contributed by atoms with Gasteiger partial charge in [-0.05, 0) is 79.0 Å². The third-order valence-electron chi connectivity index (χ3n) is 7.59. The minimum atomic E-state index is -1.79.